The summed E-state index contributed by atoms with van der Waals surface area (Å²) in [6, 6.07) is 1.70. The molecule has 0 saturated carbocycles. The molecule has 6 nitrogen and oxygen atoms in total. The summed E-state index contributed by atoms with van der Waals surface area (Å²) < 4.78 is 0. The molecule has 0 spiro atoms. The van der Waals surface area contributed by atoms with Crippen LogP contribution in [0.4, 0.5) is 11.4 Å². The zero-order chi connectivity index (χ0) is 10.9. The number of nitrogens with zero attached hydrogens (tertiary/aromatic N) is 2. The number of hydrogen-bond acceptors (Lipinski definition) is 4. The van der Waals surface area contributed by atoms with Gasteiger partial charge in [-0.05, 0) is 0 Å². The van der Waals surface area contributed by atoms with Gasteiger partial charge in [-0.25, -0.2) is 0 Å². The van der Waals surface area contributed by atoms with Gasteiger partial charge in [-0.1, -0.05) is 23.2 Å². The highest BCUT2D eigenvalue weighted by Gasteiger charge is 2.25. The lowest BCUT2D eigenvalue weighted by Gasteiger charge is -1.97. The Kier molecular flexibility index (Phi) is 2.87. The molecule has 1 aromatic rings. The molecule has 0 aliphatic rings. The van der Waals surface area contributed by atoms with E-state index in [2.05, 4.69) is 0 Å². The molecule has 74 valence electrons. The van der Waals surface area contributed by atoms with Crippen molar-refractivity contribution in [2.45, 2.75) is 0 Å². The second kappa shape index (κ2) is 3.77. The Balaban J connectivity index is 3.46. The summed E-state index contributed by atoms with van der Waals surface area (Å²) in [4.78, 5) is 19.0. The average molecular weight is 237 g/mol. The van der Waals surface area contributed by atoms with Crippen LogP contribution >= 0.6 is 23.2 Å². The quantitative estimate of drug-likeness (QED) is 0.584. The van der Waals surface area contributed by atoms with Crippen LogP contribution in [-0.4, -0.2) is 9.85 Å². The van der Waals surface area contributed by atoms with Crippen LogP contribution in [0, 0.1) is 20.2 Å². The highest BCUT2D eigenvalue weighted by molar-refractivity contribution is 6.42. The van der Waals surface area contributed by atoms with Gasteiger partial charge >= 0.3 is 11.4 Å². The van der Waals surface area contributed by atoms with Gasteiger partial charge < -0.3 is 0 Å². The molecule has 1 aromatic carbocycles. The summed E-state index contributed by atoms with van der Waals surface area (Å²) in [7, 11) is 0. The highest BCUT2D eigenvalue weighted by Crippen LogP contribution is 2.34. The maximum Gasteiger partial charge on any atom is 0.347 e. The van der Waals surface area contributed by atoms with Crippen LogP contribution in [0.25, 0.3) is 0 Å². The zero-order valence-corrected chi connectivity index (χ0v) is 7.95. The predicted molar refractivity (Wildman–Crippen MR) is 49.8 cm³/mol. The van der Waals surface area contributed by atoms with Crippen molar-refractivity contribution in [2.75, 3.05) is 0 Å². The third-order valence-electron chi connectivity index (χ3n) is 1.41. The zero-order valence-electron chi connectivity index (χ0n) is 6.44. The minimum Gasteiger partial charge on any atom is -0.258 e. The first kappa shape index (κ1) is 10.7. The van der Waals surface area contributed by atoms with Crippen molar-refractivity contribution >= 4 is 34.6 Å². The fourth-order valence-electron chi connectivity index (χ4n) is 0.818. The highest BCUT2D eigenvalue weighted by atomic mass is 35.5. The van der Waals surface area contributed by atoms with Gasteiger partial charge in [-0.15, -0.1) is 0 Å². The van der Waals surface area contributed by atoms with Gasteiger partial charge in [0.2, 0.25) is 0 Å². The standard InChI is InChI=1S/C6H2Cl2N2O4/c7-3-1-5(9(11)12)6(10(13)14)2-4(3)8/h1-2H. The van der Waals surface area contributed by atoms with E-state index in [1.165, 1.54) is 0 Å². The number of nitro groups is 2. The maximum absolute atomic E-state index is 10.4. The van der Waals surface area contributed by atoms with Gasteiger partial charge in [0.05, 0.1) is 19.9 Å². The summed E-state index contributed by atoms with van der Waals surface area (Å²) in [6.07, 6.45) is 0. The molecular formula is C6H2Cl2N2O4. The monoisotopic (exact) mass is 236 g/mol. The third-order valence-corrected chi connectivity index (χ3v) is 2.13. The lowest BCUT2D eigenvalue weighted by atomic mass is 10.3. The maximum atomic E-state index is 10.4. The largest absolute Gasteiger partial charge is 0.347 e. The molecule has 0 N–H and O–H groups in total. The topological polar surface area (TPSA) is 86.3 Å². The molecule has 1 rings (SSSR count). The van der Waals surface area contributed by atoms with E-state index in [-0.39, 0.29) is 10.0 Å². The van der Waals surface area contributed by atoms with Gasteiger partial charge in [0, 0.05) is 12.1 Å². The molecule has 0 amide bonds. The Labute approximate surface area is 87.3 Å². The number of nitro benzene ring substituents is 2. The van der Waals surface area contributed by atoms with E-state index in [1.807, 2.05) is 0 Å². The van der Waals surface area contributed by atoms with Crippen molar-refractivity contribution in [3.63, 3.8) is 0 Å². The van der Waals surface area contributed by atoms with Gasteiger partial charge in [0.25, 0.3) is 0 Å². The summed E-state index contributed by atoms with van der Waals surface area (Å²) in [5, 5.41) is 20.6. The number of benzene rings is 1. The summed E-state index contributed by atoms with van der Waals surface area (Å²) in [6.45, 7) is 0. The summed E-state index contributed by atoms with van der Waals surface area (Å²) in [5.41, 5.74) is -1.35. The molecule has 0 saturated heterocycles. The average Bonchev–Trinajstić information content (AvgIpc) is 2.08. The van der Waals surface area contributed by atoms with Crippen LogP contribution in [-0.2, 0) is 0 Å². The molecule has 0 atom stereocenters. The first-order chi connectivity index (χ1) is 6.43. The van der Waals surface area contributed by atoms with Crippen LogP contribution < -0.4 is 0 Å². The van der Waals surface area contributed by atoms with Gasteiger partial charge in [0.1, 0.15) is 0 Å². The molecule has 0 aliphatic carbocycles. The van der Waals surface area contributed by atoms with Crippen molar-refractivity contribution in [1.29, 1.82) is 0 Å². The minimum absolute atomic E-state index is 0.0935. The molecule has 0 aliphatic heterocycles. The summed E-state index contributed by atoms with van der Waals surface area (Å²) >= 11 is 11.0. The van der Waals surface area contributed by atoms with Gasteiger partial charge in [-0.3, -0.25) is 20.2 Å². The Hall–Kier alpha value is -1.40. The molecule has 14 heavy (non-hydrogen) atoms. The summed E-state index contributed by atoms with van der Waals surface area (Å²) in [5.74, 6) is 0. The molecule has 0 heterocycles. The van der Waals surface area contributed by atoms with Crippen LogP contribution in [0.1, 0.15) is 0 Å². The lowest BCUT2D eigenvalue weighted by molar-refractivity contribution is -0.422. The second-order valence-electron chi connectivity index (χ2n) is 2.27. The molecule has 0 fully saturated rings. The van der Waals surface area contributed by atoms with E-state index in [0.717, 1.165) is 12.1 Å². The van der Waals surface area contributed by atoms with Gasteiger partial charge in [-0.2, -0.15) is 0 Å². The fourth-order valence-corrected chi connectivity index (χ4v) is 1.13. The van der Waals surface area contributed by atoms with Crippen LogP contribution in [0.15, 0.2) is 12.1 Å². The van der Waals surface area contributed by atoms with Crippen LogP contribution in [0.5, 0.6) is 0 Å². The first-order valence-corrected chi connectivity index (χ1v) is 3.97. The fraction of sp³-hybridized carbons (Fsp3) is 0. The van der Waals surface area contributed by atoms with E-state index < -0.39 is 21.2 Å². The second-order valence-corrected chi connectivity index (χ2v) is 3.08. The molecule has 0 unspecified atom stereocenters. The lowest BCUT2D eigenvalue weighted by Crippen LogP contribution is -1.96. The van der Waals surface area contributed by atoms with Crippen LogP contribution in [0.2, 0.25) is 10.0 Å². The molecule has 0 radical (unpaired) electrons. The SMILES string of the molecule is O=[N+]([O-])c1cc(Cl)c(Cl)cc1[N+](=O)[O-]. The van der Waals surface area contributed by atoms with Crippen molar-refractivity contribution < 1.29 is 9.85 Å². The van der Waals surface area contributed by atoms with E-state index in [0.29, 0.717) is 0 Å². The number of hydrogen-bond donors (Lipinski definition) is 0. The van der Waals surface area contributed by atoms with Crippen molar-refractivity contribution in [1.82, 2.24) is 0 Å². The predicted octanol–water partition coefficient (Wildman–Crippen LogP) is 2.81. The third kappa shape index (κ3) is 1.91. The Morgan fingerprint density at radius 3 is 1.43 bits per heavy atom. The van der Waals surface area contributed by atoms with Gasteiger partial charge in [0.15, 0.2) is 0 Å². The Bertz CT molecular complexity index is 382. The Morgan fingerprint density at radius 2 is 1.21 bits per heavy atom. The number of rotatable bonds is 2. The first-order valence-electron chi connectivity index (χ1n) is 3.21. The van der Waals surface area contributed by atoms with E-state index in [4.69, 9.17) is 23.2 Å². The van der Waals surface area contributed by atoms with E-state index in [9.17, 15) is 20.2 Å². The molecular weight excluding hydrogens is 235 g/mol. The van der Waals surface area contributed by atoms with E-state index in [1.54, 1.807) is 0 Å². The molecule has 0 bridgehead atoms. The molecule has 8 heteroatoms. The van der Waals surface area contributed by atoms with E-state index >= 15 is 0 Å². The van der Waals surface area contributed by atoms with Crippen molar-refractivity contribution in [3.05, 3.63) is 42.4 Å². The normalized spacial score (nSPS) is 9.86. The molecule has 0 aromatic heterocycles. The van der Waals surface area contributed by atoms with Crippen molar-refractivity contribution in [3.8, 4) is 0 Å². The van der Waals surface area contributed by atoms with Crippen LogP contribution in [0.3, 0.4) is 0 Å². The van der Waals surface area contributed by atoms with Crippen molar-refractivity contribution in [2.24, 2.45) is 0 Å². The smallest absolute Gasteiger partial charge is 0.258 e. The Morgan fingerprint density at radius 1 is 0.929 bits per heavy atom. The minimum atomic E-state index is -0.889. The number of halogens is 2.